The van der Waals surface area contributed by atoms with Crippen LogP contribution in [0.5, 0.6) is 0 Å². The molecule has 0 unspecified atom stereocenters. The predicted molar refractivity (Wildman–Crippen MR) is 61.3 cm³/mol. The molecule has 1 amide bonds. The summed E-state index contributed by atoms with van der Waals surface area (Å²) >= 11 is 0. The maximum absolute atomic E-state index is 11.8. The number of nitrogens with zero attached hydrogens (tertiary/aromatic N) is 3. The minimum atomic E-state index is -0.507. The van der Waals surface area contributed by atoms with Crippen LogP contribution in [0, 0.1) is 5.21 Å². The lowest BCUT2D eigenvalue weighted by molar-refractivity contribution is -0.803. The summed E-state index contributed by atoms with van der Waals surface area (Å²) < 4.78 is 4.47. The average Bonchev–Trinajstić information content (AvgIpc) is 2.79. The third-order valence-electron chi connectivity index (χ3n) is 2.30. The monoisotopic (exact) mass is 248 g/mol. The molecule has 0 atom stereocenters. The van der Waals surface area contributed by atoms with Gasteiger partial charge in [-0.2, -0.15) is 0 Å². The highest BCUT2D eigenvalue weighted by Crippen LogP contribution is 2.17. The number of carbonyl (C=O) groups excluding carboxylic acids is 1. The van der Waals surface area contributed by atoms with E-state index in [1.54, 1.807) is 18.3 Å². The van der Waals surface area contributed by atoms with Gasteiger partial charge in [0.1, 0.15) is 0 Å². The molecule has 0 bridgehead atoms. The first-order valence-corrected chi connectivity index (χ1v) is 5.52. The average molecular weight is 248 g/mol. The first-order chi connectivity index (χ1) is 8.74. The normalized spacial score (nSPS) is 10.3. The van der Waals surface area contributed by atoms with Gasteiger partial charge in [0.15, 0.2) is 0 Å². The first-order valence-electron chi connectivity index (χ1n) is 5.52. The molecule has 0 saturated heterocycles. The second-order valence-electron chi connectivity index (χ2n) is 3.62. The second kappa shape index (κ2) is 5.26. The molecule has 2 aromatic heterocycles. The molecular weight excluding hydrogens is 236 g/mol. The second-order valence-corrected chi connectivity index (χ2v) is 3.62. The van der Waals surface area contributed by atoms with Crippen LogP contribution in [0.15, 0.2) is 29.2 Å². The largest absolute Gasteiger partial charge is 0.359 e. The summed E-state index contributed by atoms with van der Waals surface area (Å²) in [5, 5.41) is 17.6. The molecule has 2 rings (SSSR count). The molecule has 7 heteroatoms. The van der Waals surface area contributed by atoms with Crippen LogP contribution in [-0.2, 0) is 0 Å². The Bertz CT molecular complexity index is 538. The zero-order valence-electron chi connectivity index (χ0n) is 9.79. The van der Waals surface area contributed by atoms with E-state index in [9.17, 15) is 10.0 Å². The zero-order chi connectivity index (χ0) is 13.0. The lowest BCUT2D eigenvalue weighted by Gasteiger charge is -2.00. The SMILES string of the molecule is CCCNC(=O)c1c(-c2cccnc2)no[n+]1[O-]. The molecular formula is C11H12N4O3. The Morgan fingerprint density at radius 3 is 3.11 bits per heavy atom. The molecule has 0 spiro atoms. The molecule has 7 nitrogen and oxygen atoms in total. The van der Waals surface area contributed by atoms with Crippen LogP contribution in [0.2, 0.25) is 0 Å². The topological polar surface area (TPSA) is 95.0 Å². The van der Waals surface area contributed by atoms with Gasteiger partial charge in [-0.15, -0.1) is 0 Å². The summed E-state index contributed by atoms with van der Waals surface area (Å²) in [6.07, 6.45) is 3.87. The summed E-state index contributed by atoms with van der Waals surface area (Å²) in [6.45, 7) is 2.40. The van der Waals surface area contributed by atoms with E-state index in [2.05, 4.69) is 20.1 Å². The number of hydrogen-bond acceptors (Lipinski definition) is 5. The van der Waals surface area contributed by atoms with Crippen molar-refractivity contribution in [3.63, 3.8) is 0 Å². The van der Waals surface area contributed by atoms with Crippen molar-refractivity contribution in [3.8, 4) is 11.3 Å². The van der Waals surface area contributed by atoms with Crippen LogP contribution in [0.25, 0.3) is 11.3 Å². The number of amides is 1. The van der Waals surface area contributed by atoms with E-state index in [-0.39, 0.29) is 16.3 Å². The summed E-state index contributed by atoms with van der Waals surface area (Å²) in [7, 11) is 0. The lowest BCUT2D eigenvalue weighted by Crippen LogP contribution is -2.37. The van der Waals surface area contributed by atoms with E-state index < -0.39 is 5.91 Å². The minimum absolute atomic E-state index is 0.104. The maximum atomic E-state index is 11.8. The Balaban J connectivity index is 2.36. The molecule has 0 aliphatic rings. The van der Waals surface area contributed by atoms with Crippen molar-refractivity contribution in [1.29, 1.82) is 0 Å². The maximum Gasteiger partial charge on any atom is 0.300 e. The Kier molecular flexibility index (Phi) is 3.52. The Labute approximate surface area is 103 Å². The number of hydrogen-bond donors (Lipinski definition) is 1. The Morgan fingerprint density at radius 2 is 2.44 bits per heavy atom. The third-order valence-corrected chi connectivity index (χ3v) is 2.30. The molecule has 2 heterocycles. The number of aromatic nitrogens is 3. The van der Waals surface area contributed by atoms with Crippen LogP contribution < -0.4 is 10.2 Å². The van der Waals surface area contributed by atoms with Gasteiger partial charge in [-0.1, -0.05) is 6.92 Å². The summed E-state index contributed by atoms with van der Waals surface area (Å²) in [5.74, 6) is -0.507. The third kappa shape index (κ3) is 2.29. The van der Waals surface area contributed by atoms with E-state index in [0.29, 0.717) is 12.1 Å². The van der Waals surface area contributed by atoms with Crippen molar-refractivity contribution in [3.05, 3.63) is 35.4 Å². The standard InChI is InChI=1S/C11H12N4O3/c1-2-5-13-11(16)10-9(14-18-15(10)17)8-4-3-6-12-7-8/h3-4,6-7H,2,5H2,1H3,(H,13,16). The molecule has 0 radical (unpaired) electrons. The minimum Gasteiger partial charge on any atom is -0.359 e. The number of carbonyl (C=O) groups is 1. The number of pyridine rings is 1. The molecule has 0 aromatic carbocycles. The fourth-order valence-electron chi connectivity index (χ4n) is 1.45. The van der Waals surface area contributed by atoms with Crippen LogP contribution in [0.3, 0.4) is 0 Å². The van der Waals surface area contributed by atoms with Crippen LogP contribution >= 0.6 is 0 Å². The van der Waals surface area contributed by atoms with E-state index in [1.807, 2.05) is 6.92 Å². The van der Waals surface area contributed by atoms with Gasteiger partial charge in [-0.25, -0.2) is 0 Å². The van der Waals surface area contributed by atoms with Gasteiger partial charge in [-0.05, 0) is 23.5 Å². The van der Waals surface area contributed by atoms with Crippen molar-refractivity contribution < 1.29 is 14.3 Å². The highest BCUT2D eigenvalue weighted by atomic mass is 16.8. The van der Waals surface area contributed by atoms with Gasteiger partial charge in [0, 0.05) is 24.1 Å². The molecule has 1 N–H and O–H groups in total. The fourth-order valence-corrected chi connectivity index (χ4v) is 1.45. The quantitative estimate of drug-likeness (QED) is 0.795. The molecule has 94 valence electrons. The van der Waals surface area contributed by atoms with Crippen molar-refractivity contribution in [2.45, 2.75) is 13.3 Å². The molecule has 18 heavy (non-hydrogen) atoms. The van der Waals surface area contributed by atoms with Crippen molar-refractivity contribution in [2.24, 2.45) is 0 Å². The molecule has 0 aliphatic carbocycles. The van der Waals surface area contributed by atoms with Gasteiger partial charge in [0.2, 0.25) is 0 Å². The summed E-state index contributed by atoms with van der Waals surface area (Å²) in [6, 6.07) is 3.38. The van der Waals surface area contributed by atoms with Gasteiger partial charge in [0.05, 0.1) is 5.56 Å². The fraction of sp³-hybridized carbons (Fsp3) is 0.273. The van der Waals surface area contributed by atoms with Crippen LogP contribution in [0.4, 0.5) is 0 Å². The van der Waals surface area contributed by atoms with Gasteiger partial charge < -0.3 is 10.5 Å². The molecule has 0 aliphatic heterocycles. The van der Waals surface area contributed by atoms with Crippen LogP contribution in [0.1, 0.15) is 23.8 Å². The number of nitrogens with one attached hydrogen (secondary N) is 1. The smallest absolute Gasteiger partial charge is 0.300 e. The zero-order valence-corrected chi connectivity index (χ0v) is 9.79. The van der Waals surface area contributed by atoms with Crippen LogP contribution in [-0.4, -0.2) is 22.6 Å². The Morgan fingerprint density at radius 1 is 1.61 bits per heavy atom. The van der Waals surface area contributed by atoms with Crippen molar-refractivity contribution >= 4 is 5.91 Å². The highest BCUT2D eigenvalue weighted by molar-refractivity contribution is 5.96. The van der Waals surface area contributed by atoms with E-state index in [1.165, 1.54) is 6.20 Å². The van der Waals surface area contributed by atoms with Gasteiger partial charge >= 0.3 is 0 Å². The Hall–Kier alpha value is -2.44. The summed E-state index contributed by atoms with van der Waals surface area (Å²) in [5.41, 5.74) is 0.584. The molecule has 0 saturated carbocycles. The molecule has 0 fully saturated rings. The molecule has 2 aromatic rings. The van der Waals surface area contributed by atoms with Gasteiger partial charge in [0.25, 0.3) is 17.3 Å². The van der Waals surface area contributed by atoms with Crippen molar-refractivity contribution in [1.82, 2.24) is 15.5 Å². The predicted octanol–water partition coefficient (Wildman–Crippen LogP) is 0.510. The summed E-state index contributed by atoms with van der Waals surface area (Å²) in [4.78, 5) is 15.8. The lowest BCUT2D eigenvalue weighted by atomic mass is 10.1. The van der Waals surface area contributed by atoms with E-state index in [4.69, 9.17) is 0 Å². The van der Waals surface area contributed by atoms with E-state index >= 15 is 0 Å². The van der Waals surface area contributed by atoms with Gasteiger partial charge in [-0.3, -0.25) is 14.4 Å². The highest BCUT2D eigenvalue weighted by Gasteiger charge is 2.27. The van der Waals surface area contributed by atoms with E-state index in [0.717, 1.165) is 6.42 Å². The first kappa shape index (κ1) is 12.0. The van der Waals surface area contributed by atoms with Crippen molar-refractivity contribution in [2.75, 3.05) is 6.54 Å². The number of rotatable bonds is 4.